The third kappa shape index (κ3) is 7.20. The molecule has 0 saturated carbocycles. The third-order valence-corrected chi connectivity index (χ3v) is 9.07. The number of hydrazone groups is 1. The highest BCUT2D eigenvalue weighted by Crippen LogP contribution is 2.45. The van der Waals surface area contributed by atoms with Crippen LogP contribution in [0.1, 0.15) is 46.9 Å². The lowest BCUT2D eigenvalue weighted by Gasteiger charge is -2.22. The van der Waals surface area contributed by atoms with Crippen LogP contribution in [0.3, 0.4) is 0 Å². The number of fused-ring (bicyclic) bond motifs is 6. The number of amides is 2. The Morgan fingerprint density at radius 1 is 0.776 bits per heavy atom. The van der Waals surface area contributed by atoms with Gasteiger partial charge >= 0.3 is 18.2 Å². The minimum Gasteiger partial charge on any atom is -0.477 e. The molecule has 0 atom stereocenters. The van der Waals surface area contributed by atoms with Crippen LogP contribution in [0.4, 0.5) is 9.59 Å². The molecule has 0 saturated heterocycles. The number of guanidine groups is 1. The number of nitrogens with two attached hydrogens (primary N) is 1. The van der Waals surface area contributed by atoms with Crippen LogP contribution < -0.4 is 10.9 Å². The van der Waals surface area contributed by atoms with Crippen LogP contribution >= 0.6 is 7.51 Å². The summed E-state index contributed by atoms with van der Waals surface area (Å²) in [6.45, 7) is -0.0893. The number of hydrogen-bond acceptors (Lipinski definition) is 7. The molecule has 4 N–H and O–H groups in total. The molecule has 4 aromatic carbocycles. The number of carbonyl (C=O) groups excluding carboxylic acids is 2. The van der Waals surface area contributed by atoms with Gasteiger partial charge in [0.05, 0.1) is 0 Å². The summed E-state index contributed by atoms with van der Waals surface area (Å²) in [6, 6.07) is 31.7. The topological polar surface area (TPSA) is 156 Å². The Morgan fingerprint density at radius 2 is 1.22 bits per heavy atom. The van der Waals surface area contributed by atoms with Crippen LogP contribution in [0.5, 0.6) is 0 Å². The Kier molecular flexibility index (Phi) is 10.4. The number of carbonyl (C=O) groups is 3. The Morgan fingerprint density at radius 3 is 1.67 bits per heavy atom. The molecule has 0 bridgehead atoms. The quantitative estimate of drug-likeness (QED) is 0.0679. The molecule has 2 aliphatic carbocycles. The molecular formula is C36H32N5O6PS. The summed E-state index contributed by atoms with van der Waals surface area (Å²) in [5.74, 6) is -2.08. The third-order valence-electron chi connectivity index (χ3n) is 8.64. The first-order valence-corrected chi connectivity index (χ1v) is 17.5. The second-order valence-electron chi connectivity index (χ2n) is 11.4. The van der Waals surface area contributed by atoms with Gasteiger partial charge in [0.2, 0.25) is 5.96 Å². The molecule has 248 valence electrons. The Hall–Kier alpha value is -5.45. The number of aliphatic carboxylic acids is 1. The fourth-order valence-corrected chi connectivity index (χ4v) is 6.73. The van der Waals surface area contributed by atoms with E-state index in [4.69, 9.17) is 27.0 Å². The molecule has 2 aliphatic rings. The molecule has 0 aromatic heterocycles. The highest BCUT2D eigenvalue weighted by molar-refractivity contribution is 7.95. The first-order valence-electron chi connectivity index (χ1n) is 15.6. The van der Waals surface area contributed by atoms with Crippen molar-refractivity contribution in [3.05, 3.63) is 119 Å². The van der Waals surface area contributed by atoms with Crippen molar-refractivity contribution in [3.8, 4) is 22.3 Å². The highest BCUT2D eigenvalue weighted by Gasteiger charge is 2.31. The second-order valence-corrected chi connectivity index (χ2v) is 12.3. The lowest BCUT2D eigenvalue weighted by molar-refractivity contribution is -0.129. The lowest BCUT2D eigenvalue weighted by atomic mass is 9.98. The van der Waals surface area contributed by atoms with Crippen molar-refractivity contribution < 1.29 is 29.0 Å². The molecule has 0 heterocycles. The monoisotopic (exact) mass is 693 g/mol. The summed E-state index contributed by atoms with van der Waals surface area (Å²) >= 11 is 4.75. The molecule has 0 radical (unpaired) electrons. The van der Waals surface area contributed by atoms with Gasteiger partial charge in [0.15, 0.2) is 0 Å². The number of nitrogens with one attached hydrogen (secondary N) is 1. The molecular weight excluding hydrogens is 661 g/mol. The van der Waals surface area contributed by atoms with E-state index in [1.165, 1.54) is 0 Å². The molecule has 11 nitrogen and oxygen atoms in total. The second kappa shape index (κ2) is 15.2. The smallest absolute Gasteiger partial charge is 0.436 e. The van der Waals surface area contributed by atoms with Crippen molar-refractivity contribution in [1.82, 2.24) is 10.1 Å². The van der Waals surface area contributed by atoms with Gasteiger partial charge < -0.3 is 20.3 Å². The van der Waals surface area contributed by atoms with Crippen molar-refractivity contribution in [2.75, 3.05) is 19.8 Å². The minimum absolute atomic E-state index is 0.00520. The van der Waals surface area contributed by atoms with E-state index in [2.05, 4.69) is 15.3 Å². The summed E-state index contributed by atoms with van der Waals surface area (Å²) in [5.41, 5.74) is 14.5. The molecule has 0 spiro atoms. The standard InChI is InChI=1S/C36H32N5O6PS/c37-34(38-35(44)46-20-30-26-14-5-1-10-22(26)23-11-2-6-15-27(23)30)41(19-9-18-32(33(42)43)39-40-48-49)36(45)47-21-31-28-16-7-3-12-24(28)25-13-4-8-17-29(25)31/h1-8,10-17,30-31H,9,18-21H2,(H,40,49)(H,42,43)(H2,37,38,44). The van der Waals surface area contributed by atoms with Crippen molar-refractivity contribution in [2.24, 2.45) is 15.8 Å². The Labute approximate surface area is 289 Å². The number of hydrogen-bond donors (Lipinski definition) is 3. The molecule has 0 fully saturated rings. The number of carboxylic acids is 1. The zero-order valence-corrected chi connectivity index (χ0v) is 27.9. The fourth-order valence-electron chi connectivity index (χ4n) is 6.45. The normalized spacial score (nSPS) is 13.6. The van der Waals surface area contributed by atoms with Crippen molar-refractivity contribution in [1.29, 1.82) is 0 Å². The predicted octanol–water partition coefficient (Wildman–Crippen LogP) is 6.63. The van der Waals surface area contributed by atoms with Crippen LogP contribution in [0, 0.1) is 0 Å². The Balaban J connectivity index is 1.17. The number of benzene rings is 4. The molecule has 0 aliphatic heterocycles. The maximum atomic E-state index is 13.6. The largest absolute Gasteiger partial charge is 0.477 e. The van der Waals surface area contributed by atoms with E-state index in [9.17, 15) is 19.5 Å². The zero-order chi connectivity index (χ0) is 34.3. The van der Waals surface area contributed by atoms with E-state index in [1.54, 1.807) is 0 Å². The van der Waals surface area contributed by atoms with E-state index in [-0.39, 0.29) is 57.7 Å². The van der Waals surface area contributed by atoms with Crippen LogP contribution in [0.2, 0.25) is 0 Å². The van der Waals surface area contributed by atoms with E-state index in [0.29, 0.717) is 0 Å². The van der Waals surface area contributed by atoms with Gasteiger partial charge in [-0.05, 0) is 62.7 Å². The number of rotatable bonds is 11. The molecule has 4 aromatic rings. The molecule has 2 amide bonds. The van der Waals surface area contributed by atoms with E-state index < -0.39 is 24.1 Å². The number of nitrogens with zero attached hydrogens (tertiary/aromatic N) is 3. The summed E-state index contributed by atoms with van der Waals surface area (Å²) in [4.78, 5) is 43.1. The number of ether oxygens (including phenoxy) is 2. The van der Waals surface area contributed by atoms with Gasteiger partial charge in [-0.2, -0.15) is 5.10 Å². The zero-order valence-electron chi connectivity index (χ0n) is 26.2. The maximum absolute atomic E-state index is 13.6. The maximum Gasteiger partial charge on any atom is 0.436 e. The SMILES string of the molecule is NC(=NC(=O)OCC1c2ccccc2-c2ccccc21)N(CCCC(=NNP=S)C(=O)O)C(=O)OCC1c2ccccc2-c2ccccc21. The number of carboxylic acid groups (broad SMARTS) is 1. The first kappa shape index (κ1) is 33.5. The van der Waals surface area contributed by atoms with Gasteiger partial charge in [0.1, 0.15) is 26.4 Å². The Bertz CT molecular complexity index is 1890. The highest BCUT2D eigenvalue weighted by atomic mass is 32.4. The number of aliphatic imine (C=N–C) groups is 1. The van der Waals surface area contributed by atoms with Crippen LogP contribution in [-0.4, -0.2) is 59.6 Å². The van der Waals surface area contributed by atoms with Crippen molar-refractivity contribution in [2.45, 2.75) is 24.7 Å². The van der Waals surface area contributed by atoms with Crippen LogP contribution in [0.15, 0.2) is 107 Å². The fraction of sp³-hybridized carbons (Fsp3) is 0.194. The van der Waals surface area contributed by atoms with Gasteiger partial charge in [-0.25, -0.2) is 24.5 Å². The molecule has 0 unspecified atom stereocenters. The average Bonchev–Trinajstić information content (AvgIpc) is 3.61. The molecule has 6 rings (SSSR count). The molecule has 13 heteroatoms. The van der Waals surface area contributed by atoms with Crippen LogP contribution in [-0.2, 0) is 26.1 Å². The van der Waals surface area contributed by atoms with Crippen molar-refractivity contribution >= 4 is 49.1 Å². The average molecular weight is 694 g/mol. The van der Waals surface area contributed by atoms with E-state index in [1.807, 2.05) is 97.1 Å². The minimum atomic E-state index is -1.24. The van der Waals surface area contributed by atoms with Gasteiger partial charge in [-0.1, -0.05) is 97.1 Å². The van der Waals surface area contributed by atoms with Gasteiger partial charge in [-0.3, -0.25) is 0 Å². The van der Waals surface area contributed by atoms with Crippen molar-refractivity contribution in [3.63, 3.8) is 0 Å². The summed E-state index contributed by atoms with van der Waals surface area (Å²) < 4.78 is 11.4. The van der Waals surface area contributed by atoms with Crippen LogP contribution in [0.25, 0.3) is 22.3 Å². The van der Waals surface area contributed by atoms with E-state index in [0.717, 1.165) is 49.4 Å². The summed E-state index contributed by atoms with van der Waals surface area (Å²) in [5, 5.41) is 15.7. The van der Waals surface area contributed by atoms with Gasteiger partial charge in [0, 0.05) is 24.8 Å². The lowest BCUT2D eigenvalue weighted by Crippen LogP contribution is -2.44. The summed E-state index contributed by atoms with van der Waals surface area (Å²) in [6.07, 6.45) is -1.73. The predicted molar refractivity (Wildman–Crippen MR) is 190 cm³/mol. The van der Waals surface area contributed by atoms with E-state index >= 15 is 0 Å². The van der Waals surface area contributed by atoms with Gasteiger partial charge in [-0.15, -0.1) is 4.99 Å². The first-order chi connectivity index (χ1) is 23.9. The summed E-state index contributed by atoms with van der Waals surface area (Å²) in [7, 11) is 0.262. The molecule has 49 heavy (non-hydrogen) atoms. The van der Waals surface area contributed by atoms with Gasteiger partial charge in [0.25, 0.3) is 0 Å².